The molecule has 0 spiro atoms. The van der Waals surface area contributed by atoms with Crippen LogP contribution in [-0.2, 0) is 17.0 Å². The Morgan fingerprint density at radius 1 is 1.39 bits per heavy atom. The molecule has 0 saturated carbocycles. The topological polar surface area (TPSA) is 107 Å². The number of nitrogens with zero attached hydrogens (tertiary/aromatic N) is 4. The molecule has 0 atom stereocenters. The molecule has 0 bridgehead atoms. The summed E-state index contributed by atoms with van der Waals surface area (Å²) in [5.74, 6) is -0.0882. The van der Waals surface area contributed by atoms with Crippen molar-refractivity contribution in [2.24, 2.45) is 5.11 Å². The molecular formula is C13H18FN5O3S. The zero-order chi connectivity index (χ0) is 17.0. The fourth-order valence-electron chi connectivity index (χ4n) is 2.75. The van der Waals surface area contributed by atoms with Gasteiger partial charge in [-0.15, -0.1) is 0 Å². The van der Waals surface area contributed by atoms with Gasteiger partial charge in [-0.1, -0.05) is 9.00 Å². The van der Waals surface area contributed by atoms with Crippen molar-refractivity contribution in [1.82, 2.24) is 5.32 Å². The van der Waals surface area contributed by atoms with E-state index in [0.29, 0.717) is 11.1 Å². The molecule has 1 saturated heterocycles. The lowest BCUT2D eigenvalue weighted by molar-refractivity contribution is 0.438. The molecule has 2 rings (SSSR count). The zero-order valence-corrected chi connectivity index (χ0v) is 13.7. The van der Waals surface area contributed by atoms with Crippen molar-refractivity contribution in [2.45, 2.75) is 20.4 Å². The summed E-state index contributed by atoms with van der Waals surface area (Å²) in [5, 5.41) is 6.74. The first kappa shape index (κ1) is 17.3. The predicted molar refractivity (Wildman–Crippen MR) is 84.5 cm³/mol. The molecule has 0 radical (unpaired) electrons. The second-order valence-corrected chi connectivity index (χ2v) is 6.19. The van der Waals surface area contributed by atoms with Crippen molar-refractivity contribution < 1.29 is 16.5 Å². The highest BCUT2D eigenvalue weighted by atomic mass is 32.3. The molecule has 8 nitrogen and oxygen atoms in total. The maximum absolute atomic E-state index is 13.0. The predicted octanol–water partition coefficient (Wildman–Crippen LogP) is 2.12. The van der Waals surface area contributed by atoms with Gasteiger partial charge in [0.15, 0.2) is 5.75 Å². The number of hydrogen-bond acceptors (Lipinski definition) is 6. The summed E-state index contributed by atoms with van der Waals surface area (Å²) in [6.45, 7) is 6.62. The summed E-state index contributed by atoms with van der Waals surface area (Å²) in [4.78, 5) is 4.79. The third-order valence-corrected chi connectivity index (χ3v) is 4.17. The molecule has 1 aliphatic heterocycles. The lowest BCUT2D eigenvalue weighted by atomic mass is 10.00. The maximum atomic E-state index is 13.0. The van der Waals surface area contributed by atoms with E-state index in [9.17, 15) is 12.3 Å². The molecule has 126 valence electrons. The van der Waals surface area contributed by atoms with Crippen LogP contribution in [0.25, 0.3) is 10.4 Å². The average molecular weight is 343 g/mol. The van der Waals surface area contributed by atoms with Gasteiger partial charge in [-0.3, -0.25) is 0 Å². The molecular weight excluding hydrogens is 325 g/mol. The first-order valence-corrected chi connectivity index (χ1v) is 8.38. The zero-order valence-electron chi connectivity index (χ0n) is 12.9. The van der Waals surface area contributed by atoms with Gasteiger partial charge in [0.05, 0.1) is 6.54 Å². The lowest BCUT2D eigenvalue weighted by Crippen LogP contribution is -2.44. The molecule has 1 N–H and O–H groups in total. The summed E-state index contributed by atoms with van der Waals surface area (Å²) in [5.41, 5.74) is 11.3. The Hall–Kier alpha value is -2.03. The minimum atomic E-state index is -5.13. The largest absolute Gasteiger partial charge is 0.488 e. The van der Waals surface area contributed by atoms with Crippen molar-refractivity contribution in [3.8, 4) is 5.75 Å². The van der Waals surface area contributed by atoms with Gasteiger partial charge in [0.2, 0.25) is 0 Å². The van der Waals surface area contributed by atoms with Crippen LogP contribution in [-0.4, -0.2) is 34.6 Å². The van der Waals surface area contributed by atoms with Crippen molar-refractivity contribution in [3.63, 3.8) is 0 Å². The van der Waals surface area contributed by atoms with Gasteiger partial charge in [0.25, 0.3) is 0 Å². The molecule has 10 heteroatoms. The number of halogens is 1. The molecule has 1 fully saturated rings. The molecule has 0 aliphatic carbocycles. The van der Waals surface area contributed by atoms with Gasteiger partial charge in [-0.2, -0.15) is 8.42 Å². The van der Waals surface area contributed by atoms with E-state index in [4.69, 9.17) is 5.53 Å². The lowest BCUT2D eigenvalue weighted by Gasteiger charge is -2.33. The van der Waals surface area contributed by atoms with E-state index in [-0.39, 0.29) is 12.3 Å². The van der Waals surface area contributed by atoms with E-state index in [2.05, 4.69) is 24.4 Å². The molecule has 23 heavy (non-hydrogen) atoms. The number of piperazine rings is 1. The SMILES string of the molecule is Cc1c(CN=[N+]=[N-])cc(OS(=O)(=O)F)c(C)c1N1CCNCC1. The van der Waals surface area contributed by atoms with E-state index in [1.165, 1.54) is 6.07 Å². The summed E-state index contributed by atoms with van der Waals surface area (Å²) in [6.07, 6.45) is 0. The molecule has 0 amide bonds. The summed E-state index contributed by atoms with van der Waals surface area (Å²) >= 11 is 0. The van der Waals surface area contributed by atoms with Gasteiger partial charge in [-0.05, 0) is 36.6 Å². The molecule has 0 aromatic heterocycles. The first-order valence-electron chi connectivity index (χ1n) is 7.07. The van der Waals surface area contributed by atoms with Crippen LogP contribution in [0.1, 0.15) is 16.7 Å². The van der Waals surface area contributed by atoms with Gasteiger partial charge in [0, 0.05) is 42.3 Å². The minimum Gasteiger partial charge on any atom is -0.368 e. The van der Waals surface area contributed by atoms with Crippen molar-refractivity contribution in [3.05, 3.63) is 33.2 Å². The summed E-state index contributed by atoms with van der Waals surface area (Å²) < 4.78 is 39.1. The van der Waals surface area contributed by atoms with Crippen LogP contribution in [0, 0.1) is 13.8 Å². The number of benzene rings is 1. The first-order chi connectivity index (χ1) is 10.8. The number of anilines is 1. The summed E-state index contributed by atoms with van der Waals surface area (Å²) in [6, 6.07) is 1.40. The van der Waals surface area contributed by atoms with Crippen LogP contribution in [0.5, 0.6) is 5.75 Å². The van der Waals surface area contributed by atoms with Gasteiger partial charge >= 0.3 is 10.5 Å². The Labute approximate surface area is 134 Å². The van der Waals surface area contributed by atoms with Gasteiger partial charge in [0.1, 0.15) is 0 Å². The van der Waals surface area contributed by atoms with Crippen LogP contribution >= 0.6 is 0 Å². The minimum absolute atomic E-state index is 0.0321. The number of rotatable bonds is 5. The standard InChI is InChI=1S/C13H18FN5O3S/c1-9-11(8-17-18-15)7-12(22-23(14,20)21)10(2)13(9)19-5-3-16-4-6-19/h7,16H,3-6,8H2,1-2H3. The fourth-order valence-corrected chi connectivity index (χ4v) is 3.14. The molecule has 0 unspecified atom stereocenters. The Morgan fingerprint density at radius 2 is 2.04 bits per heavy atom. The quantitative estimate of drug-likeness (QED) is 0.381. The smallest absolute Gasteiger partial charge is 0.368 e. The molecule has 1 aromatic carbocycles. The average Bonchev–Trinajstić information content (AvgIpc) is 2.49. The van der Waals surface area contributed by atoms with Crippen molar-refractivity contribution in [1.29, 1.82) is 0 Å². The van der Waals surface area contributed by atoms with E-state index >= 15 is 0 Å². The highest BCUT2D eigenvalue weighted by molar-refractivity contribution is 7.81. The van der Waals surface area contributed by atoms with E-state index < -0.39 is 10.5 Å². The number of azide groups is 1. The van der Waals surface area contributed by atoms with Gasteiger partial charge in [-0.25, -0.2) is 0 Å². The molecule has 1 aliphatic rings. The Kier molecular flexibility index (Phi) is 5.30. The number of hydrogen-bond donors (Lipinski definition) is 1. The van der Waals surface area contributed by atoms with Crippen LogP contribution in [0.3, 0.4) is 0 Å². The van der Waals surface area contributed by atoms with Crippen molar-refractivity contribution >= 4 is 16.2 Å². The second kappa shape index (κ2) is 7.03. The van der Waals surface area contributed by atoms with Crippen molar-refractivity contribution in [2.75, 3.05) is 31.1 Å². The van der Waals surface area contributed by atoms with E-state index in [0.717, 1.165) is 37.4 Å². The molecule has 1 aromatic rings. The Bertz CT molecular complexity index is 740. The van der Waals surface area contributed by atoms with Crippen LogP contribution in [0.4, 0.5) is 9.57 Å². The summed E-state index contributed by atoms with van der Waals surface area (Å²) in [7, 11) is -5.13. The monoisotopic (exact) mass is 343 g/mol. The highest BCUT2D eigenvalue weighted by Gasteiger charge is 2.22. The van der Waals surface area contributed by atoms with Crippen LogP contribution < -0.4 is 14.4 Å². The highest BCUT2D eigenvalue weighted by Crippen LogP contribution is 2.36. The van der Waals surface area contributed by atoms with Crippen LogP contribution in [0.2, 0.25) is 0 Å². The van der Waals surface area contributed by atoms with Crippen LogP contribution in [0.15, 0.2) is 11.2 Å². The molecule has 1 heterocycles. The third-order valence-electron chi connectivity index (χ3n) is 3.79. The van der Waals surface area contributed by atoms with E-state index in [1.807, 2.05) is 6.92 Å². The fraction of sp³-hybridized carbons (Fsp3) is 0.538. The van der Waals surface area contributed by atoms with E-state index in [1.54, 1.807) is 6.92 Å². The number of nitrogens with one attached hydrogen (secondary N) is 1. The Morgan fingerprint density at radius 3 is 2.61 bits per heavy atom. The third kappa shape index (κ3) is 4.25. The van der Waals surface area contributed by atoms with Gasteiger partial charge < -0.3 is 14.4 Å². The maximum Gasteiger partial charge on any atom is 0.488 e. The second-order valence-electron chi connectivity index (χ2n) is 5.23. The Balaban J connectivity index is 2.56. The normalized spacial score (nSPS) is 15.2.